The second-order valence-corrected chi connectivity index (χ2v) is 7.53. The maximum absolute atomic E-state index is 13.5. The number of nitrogens with zero attached hydrogens (tertiary/aromatic N) is 1. The Morgan fingerprint density at radius 2 is 1.62 bits per heavy atom. The first-order valence-electron chi connectivity index (χ1n) is 7.96. The molecule has 162 valence electrons. The Hall–Kier alpha value is -2.28. The van der Waals surface area contributed by atoms with Crippen molar-refractivity contribution >= 4 is 22.1 Å². The van der Waals surface area contributed by atoms with Crippen LogP contribution in [0.4, 0.5) is 26.3 Å². The summed E-state index contributed by atoms with van der Waals surface area (Å²) in [5.74, 6) is -2.21. The first kappa shape index (κ1) is 23.0. The van der Waals surface area contributed by atoms with E-state index in [-0.39, 0.29) is 26.3 Å². The molecule has 13 heteroatoms. The van der Waals surface area contributed by atoms with Crippen LogP contribution in [0.25, 0.3) is 6.08 Å². The topological polar surface area (TPSA) is 72.9 Å². The molecule has 1 aliphatic rings. The molecule has 0 radical (unpaired) electrons. The highest BCUT2D eigenvalue weighted by atomic mass is 32.2. The zero-order chi connectivity index (χ0) is 22.0. The van der Waals surface area contributed by atoms with E-state index in [1.807, 2.05) is 0 Å². The Balaban J connectivity index is 2.57. The van der Waals surface area contributed by atoms with Crippen LogP contribution in [0, 0.1) is 0 Å². The number of carbonyl (C=O) groups excluding carboxylic acids is 1. The first-order valence-corrected chi connectivity index (χ1v) is 9.77. The molecule has 29 heavy (non-hydrogen) atoms. The summed E-state index contributed by atoms with van der Waals surface area (Å²) in [4.78, 5) is 13.3. The fourth-order valence-corrected chi connectivity index (χ4v) is 3.07. The molecule has 1 aromatic rings. The van der Waals surface area contributed by atoms with Crippen LogP contribution in [-0.4, -0.2) is 51.8 Å². The zero-order valence-electron chi connectivity index (χ0n) is 14.8. The summed E-state index contributed by atoms with van der Waals surface area (Å²) in [6.45, 7) is 0.820. The van der Waals surface area contributed by atoms with Gasteiger partial charge in [0.05, 0.1) is 25.0 Å². The van der Waals surface area contributed by atoms with Gasteiger partial charge in [0.1, 0.15) is 5.56 Å². The third-order valence-electron chi connectivity index (χ3n) is 3.74. The lowest BCUT2D eigenvalue weighted by Gasteiger charge is -2.25. The highest BCUT2D eigenvalue weighted by Crippen LogP contribution is 2.47. The third kappa shape index (κ3) is 6.10. The molecule has 1 saturated heterocycles. The minimum absolute atomic E-state index is 0.185. The molecule has 0 spiro atoms. The monoisotopic (exact) mass is 447 g/mol. The number of amides is 1. The van der Waals surface area contributed by atoms with E-state index in [1.165, 1.54) is 4.90 Å². The van der Waals surface area contributed by atoms with E-state index in [9.17, 15) is 39.6 Å². The fraction of sp³-hybridized carbons (Fsp3) is 0.438. The Morgan fingerprint density at radius 1 is 1.07 bits per heavy atom. The van der Waals surface area contributed by atoms with Gasteiger partial charge < -0.3 is 13.8 Å². The van der Waals surface area contributed by atoms with Crippen LogP contribution in [0.2, 0.25) is 0 Å². The van der Waals surface area contributed by atoms with E-state index in [4.69, 9.17) is 4.74 Å². The van der Waals surface area contributed by atoms with Gasteiger partial charge in [0.2, 0.25) is 5.91 Å². The number of benzene rings is 1. The summed E-state index contributed by atoms with van der Waals surface area (Å²) in [6.07, 6.45) is -9.38. The van der Waals surface area contributed by atoms with Gasteiger partial charge in [-0.1, -0.05) is 6.07 Å². The molecule has 1 amide bonds. The lowest BCUT2D eigenvalue weighted by Crippen LogP contribution is -2.39. The van der Waals surface area contributed by atoms with Crippen molar-refractivity contribution in [2.75, 3.05) is 32.6 Å². The smallest absolute Gasteiger partial charge is 0.382 e. The van der Waals surface area contributed by atoms with Crippen molar-refractivity contribution in [3.05, 3.63) is 34.9 Å². The summed E-state index contributed by atoms with van der Waals surface area (Å²) in [5, 5.41) is 0. The molecular weight excluding hydrogens is 432 g/mol. The van der Waals surface area contributed by atoms with Crippen molar-refractivity contribution in [1.82, 2.24) is 4.90 Å². The predicted molar refractivity (Wildman–Crippen MR) is 88.4 cm³/mol. The van der Waals surface area contributed by atoms with E-state index >= 15 is 0 Å². The van der Waals surface area contributed by atoms with Gasteiger partial charge in [-0.15, -0.1) is 0 Å². The molecule has 0 unspecified atom stereocenters. The zero-order valence-corrected chi connectivity index (χ0v) is 15.6. The average Bonchev–Trinajstić information content (AvgIpc) is 2.57. The Bertz CT molecular complexity index is 902. The average molecular weight is 447 g/mol. The minimum Gasteiger partial charge on any atom is -0.382 e. The van der Waals surface area contributed by atoms with Gasteiger partial charge in [-0.3, -0.25) is 4.79 Å². The quantitative estimate of drug-likeness (QED) is 0.403. The van der Waals surface area contributed by atoms with Crippen LogP contribution in [0.3, 0.4) is 0 Å². The highest BCUT2D eigenvalue weighted by molar-refractivity contribution is 7.86. The van der Waals surface area contributed by atoms with Crippen molar-refractivity contribution < 1.29 is 48.5 Å². The van der Waals surface area contributed by atoms with E-state index in [0.29, 0.717) is 30.5 Å². The molecule has 0 aromatic heterocycles. The molecule has 0 N–H and O–H groups in total. The number of ether oxygens (including phenoxy) is 1. The summed E-state index contributed by atoms with van der Waals surface area (Å²) in [5.41, 5.74) is -5.42. The summed E-state index contributed by atoms with van der Waals surface area (Å²) >= 11 is 0. The summed E-state index contributed by atoms with van der Waals surface area (Å²) in [7, 11) is -4.53. The second kappa shape index (κ2) is 8.22. The third-order valence-corrected chi connectivity index (χ3v) is 4.22. The maximum Gasteiger partial charge on any atom is 0.420 e. The standard InChI is InChI=1S/C16H15F6NO5S/c1-29(25,26)28-11-4-2-10(3-5-12(24)23-6-8-27-9-7-23)13(15(17,18)19)14(11)16(20,21)22/h2-5H,6-9H2,1H3. The van der Waals surface area contributed by atoms with Gasteiger partial charge in [-0.2, -0.15) is 34.8 Å². The Morgan fingerprint density at radius 3 is 2.10 bits per heavy atom. The lowest BCUT2D eigenvalue weighted by atomic mass is 9.98. The molecular formula is C16H15F6NO5S. The number of carbonyl (C=O) groups is 1. The molecule has 0 saturated carbocycles. The van der Waals surface area contributed by atoms with E-state index in [1.54, 1.807) is 0 Å². The van der Waals surface area contributed by atoms with Crippen molar-refractivity contribution in [1.29, 1.82) is 0 Å². The first-order chi connectivity index (χ1) is 13.2. The van der Waals surface area contributed by atoms with Crippen LogP contribution in [0.15, 0.2) is 18.2 Å². The number of rotatable bonds is 4. The Labute approximate surface area is 161 Å². The fourth-order valence-electron chi connectivity index (χ4n) is 2.61. The van der Waals surface area contributed by atoms with Crippen LogP contribution < -0.4 is 4.18 Å². The molecule has 2 rings (SSSR count). The lowest BCUT2D eigenvalue weighted by molar-refractivity contribution is -0.162. The molecule has 1 aromatic carbocycles. The molecule has 1 fully saturated rings. The number of morpholine rings is 1. The van der Waals surface area contributed by atoms with Crippen molar-refractivity contribution in [3.8, 4) is 5.75 Å². The Kier molecular flexibility index (Phi) is 6.52. The summed E-state index contributed by atoms with van der Waals surface area (Å²) < 4.78 is 112. The minimum atomic E-state index is -5.58. The number of halogens is 6. The molecule has 0 atom stereocenters. The van der Waals surface area contributed by atoms with E-state index < -0.39 is 50.8 Å². The van der Waals surface area contributed by atoms with Gasteiger partial charge in [-0.05, 0) is 17.7 Å². The maximum atomic E-state index is 13.5. The number of hydrogen-bond acceptors (Lipinski definition) is 5. The van der Waals surface area contributed by atoms with E-state index in [0.717, 1.165) is 0 Å². The molecule has 1 heterocycles. The van der Waals surface area contributed by atoms with Crippen LogP contribution in [-0.2, 0) is 32.0 Å². The molecule has 0 bridgehead atoms. The van der Waals surface area contributed by atoms with Gasteiger partial charge >= 0.3 is 22.5 Å². The normalized spacial score (nSPS) is 16.3. The van der Waals surface area contributed by atoms with E-state index in [2.05, 4.69) is 4.18 Å². The molecule has 1 aliphatic heterocycles. The van der Waals surface area contributed by atoms with Crippen molar-refractivity contribution in [2.45, 2.75) is 12.4 Å². The van der Waals surface area contributed by atoms with Crippen molar-refractivity contribution in [3.63, 3.8) is 0 Å². The van der Waals surface area contributed by atoms with Gasteiger partial charge in [0, 0.05) is 19.2 Å². The number of hydrogen-bond donors (Lipinski definition) is 0. The van der Waals surface area contributed by atoms with Crippen molar-refractivity contribution in [2.24, 2.45) is 0 Å². The highest BCUT2D eigenvalue weighted by Gasteiger charge is 2.47. The largest absolute Gasteiger partial charge is 0.420 e. The van der Waals surface area contributed by atoms with Gasteiger partial charge in [-0.25, -0.2) is 0 Å². The van der Waals surface area contributed by atoms with Crippen LogP contribution in [0.5, 0.6) is 5.75 Å². The van der Waals surface area contributed by atoms with Gasteiger partial charge in [0.25, 0.3) is 0 Å². The summed E-state index contributed by atoms with van der Waals surface area (Å²) in [6, 6.07) is 1.06. The predicted octanol–water partition coefficient (Wildman–Crippen LogP) is 2.93. The molecule has 6 nitrogen and oxygen atoms in total. The second-order valence-electron chi connectivity index (χ2n) is 5.96. The number of alkyl halides is 6. The SMILES string of the molecule is CS(=O)(=O)Oc1ccc(C=CC(=O)N2CCOCC2)c(C(F)(F)F)c1C(F)(F)F. The molecule has 0 aliphatic carbocycles. The van der Waals surface area contributed by atoms with Crippen LogP contribution >= 0.6 is 0 Å². The van der Waals surface area contributed by atoms with Crippen LogP contribution in [0.1, 0.15) is 16.7 Å². The van der Waals surface area contributed by atoms with Gasteiger partial charge in [0.15, 0.2) is 5.75 Å².